The highest BCUT2D eigenvalue weighted by Crippen LogP contribution is 2.49. The van der Waals surface area contributed by atoms with Gasteiger partial charge in [0.2, 0.25) is 0 Å². The molecule has 3 heterocycles. The summed E-state index contributed by atoms with van der Waals surface area (Å²) in [5, 5.41) is 22.2. The van der Waals surface area contributed by atoms with Gasteiger partial charge in [-0.15, -0.1) is 0 Å². The summed E-state index contributed by atoms with van der Waals surface area (Å²) < 4.78 is 22.3. The minimum Gasteiger partial charge on any atom is -0.454 e. The number of rotatable bonds is 5. The van der Waals surface area contributed by atoms with Gasteiger partial charge in [0.15, 0.2) is 5.79 Å². The van der Waals surface area contributed by atoms with Crippen LogP contribution in [0, 0.1) is 0 Å². The Labute approximate surface area is 169 Å². The largest absolute Gasteiger partial charge is 0.454 e. The summed E-state index contributed by atoms with van der Waals surface area (Å²) in [5.41, 5.74) is -2.06. The van der Waals surface area contributed by atoms with Gasteiger partial charge in [-0.2, -0.15) is 0 Å². The minimum atomic E-state index is -1.85. The van der Waals surface area contributed by atoms with Crippen molar-refractivity contribution in [2.24, 2.45) is 0 Å². The van der Waals surface area contributed by atoms with E-state index in [-0.39, 0.29) is 36.4 Å². The Bertz CT molecular complexity index is 807. The van der Waals surface area contributed by atoms with Crippen molar-refractivity contribution in [3.05, 3.63) is 35.1 Å². The van der Waals surface area contributed by atoms with E-state index in [2.05, 4.69) is 6.58 Å². The van der Waals surface area contributed by atoms with Gasteiger partial charge in [0.25, 0.3) is 0 Å². The van der Waals surface area contributed by atoms with Crippen molar-refractivity contribution in [1.29, 1.82) is 0 Å². The fourth-order valence-electron chi connectivity index (χ4n) is 3.89. The zero-order valence-corrected chi connectivity index (χ0v) is 17.2. The molecule has 29 heavy (non-hydrogen) atoms. The van der Waals surface area contributed by atoms with Gasteiger partial charge in [0, 0.05) is 30.6 Å². The molecule has 0 saturated carbocycles. The SMILES string of the molecule is C=C(C)C(=O)O[C@@H]1C[C@@](C)(O)[C@]2(O)CC[C@](C)(C=C3OC(=O)C(COCC)=C31)O2. The highest BCUT2D eigenvalue weighted by molar-refractivity contribution is 5.95. The van der Waals surface area contributed by atoms with E-state index < -0.39 is 35.0 Å². The highest BCUT2D eigenvalue weighted by atomic mass is 16.7. The van der Waals surface area contributed by atoms with Gasteiger partial charge in [0.05, 0.1) is 17.8 Å². The molecule has 8 heteroatoms. The Morgan fingerprint density at radius 2 is 2.03 bits per heavy atom. The lowest BCUT2D eigenvalue weighted by atomic mass is 9.82. The maximum Gasteiger partial charge on any atom is 0.342 e. The average molecular weight is 408 g/mol. The van der Waals surface area contributed by atoms with E-state index in [0.29, 0.717) is 18.6 Å². The average Bonchev–Trinajstić information content (AvgIpc) is 3.09. The first kappa shape index (κ1) is 21.7. The molecule has 0 aromatic heterocycles. The predicted molar refractivity (Wildman–Crippen MR) is 101 cm³/mol. The molecule has 3 aliphatic heterocycles. The highest BCUT2D eigenvalue weighted by Gasteiger charge is 2.58. The molecule has 0 aliphatic carbocycles. The molecule has 3 rings (SSSR count). The van der Waals surface area contributed by atoms with Crippen LogP contribution in [0.25, 0.3) is 0 Å². The van der Waals surface area contributed by atoms with Gasteiger partial charge < -0.3 is 29.2 Å². The number of carbonyl (C=O) groups is 2. The molecular formula is C21H28O8. The molecule has 160 valence electrons. The van der Waals surface area contributed by atoms with Crippen molar-refractivity contribution >= 4 is 11.9 Å². The van der Waals surface area contributed by atoms with E-state index in [9.17, 15) is 19.8 Å². The summed E-state index contributed by atoms with van der Waals surface area (Å²) in [6.45, 7) is 10.4. The topological polar surface area (TPSA) is 112 Å². The lowest BCUT2D eigenvalue weighted by Gasteiger charge is -2.40. The van der Waals surface area contributed by atoms with Crippen molar-refractivity contribution in [2.75, 3.05) is 13.2 Å². The van der Waals surface area contributed by atoms with Crippen LogP contribution in [0.4, 0.5) is 0 Å². The standard InChI is InChI=1S/C21H28O8/c1-6-26-11-13-16-14(28-18(13)23)9-19(4)7-8-21(25,29-19)20(5,24)10-15(16)27-17(22)12(2)3/h9,15,24-25H,2,6-8,10-11H2,1,3-5H3/t15-,19-,20-,21+/m1/s1. The molecule has 0 amide bonds. The summed E-state index contributed by atoms with van der Waals surface area (Å²) in [7, 11) is 0. The molecule has 0 unspecified atom stereocenters. The van der Waals surface area contributed by atoms with E-state index in [1.807, 2.05) is 0 Å². The van der Waals surface area contributed by atoms with Crippen molar-refractivity contribution < 1.29 is 38.7 Å². The zero-order valence-electron chi connectivity index (χ0n) is 17.2. The molecule has 0 aromatic rings. The predicted octanol–water partition coefficient (Wildman–Crippen LogP) is 1.66. The third-order valence-corrected chi connectivity index (χ3v) is 5.63. The van der Waals surface area contributed by atoms with Crippen LogP contribution in [0.3, 0.4) is 0 Å². The Morgan fingerprint density at radius 3 is 2.66 bits per heavy atom. The summed E-state index contributed by atoms with van der Waals surface area (Å²) in [4.78, 5) is 24.8. The third-order valence-electron chi connectivity index (χ3n) is 5.63. The van der Waals surface area contributed by atoms with Crippen LogP contribution in [-0.4, -0.2) is 58.5 Å². The second-order valence-electron chi connectivity index (χ2n) is 8.28. The van der Waals surface area contributed by atoms with E-state index in [1.165, 1.54) is 13.8 Å². The maximum atomic E-state index is 12.5. The number of fused-ring (bicyclic) bond motifs is 3. The molecule has 0 aromatic carbocycles. The molecule has 1 fully saturated rings. The van der Waals surface area contributed by atoms with Crippen LogP contribution >= 0.6 is 0 Å². The summed E-state index contributed by atoms with van der Waals surface area (Å²) >= 11 is 0. The van der Waals surface area contributed by atoms with Crippen LogP contribution in [0.2, 0.25) is 0 Å². The van der Waals surface area contributed by atoms with E-state index in [1.54, 1.807) is 19.9 Å². The lowest BCUT2D eigenvalue weighted by Crippen LogP contribution is -2.54. The summed E-state index contributed by atoms with van der Waals surface area (Å²) in [6, 6.07) is 0. The second-order valence-corrected chi connectivity index (χ2v) is 8.28. The quantitative estimate of drug-likeness (QED) is 0.522. The number of hydrogen-bond acceptors (Lipinski definition) is 8. The molecule has 8 nitrogen and oxygen atoms in total. The fraction of sp³-hybridized carbons (Fsp3) is 0.619. The zero-order chi connectivity index (χ0) is 21.6. The summed E-state index contributed by atoms with van der Waals surface area (Å²) in [5.74, 6) is -2.95. The first-order valence-corrected chi connectivity index (χ1v) is 9.69. The van der Waals surface area contributed by atoms with Gasteiger partial charge >= 0.3 is 11.9 Å². The van der Waals surface area contributed by atoms with Crippen LogP contribution in [0.1, 0.15) is 47.0 Å². The monoisotopic (exact) mass is 408 g/mol. The van der Waals surface area contributed by atoms with Crippen molar-refractivity contribution in [3.63, 3.8) is 0 Å². The molecule has 3 aliphatic rings. The minimum absolute atomic E-state index is 0.0346. The Kier molecular flexibility index (Phi) is 5.51. The Morgan fingerprint density at radius 1 is 1.34 bits per heavy atom. The molecule has 2 bridgehead atoms. The van der Waals surface area contributed by atoms with E-state index in [4.69, 9.17) is 18.9 Å². The summed E-state index contributed by atoms with van der Waals surface area (Å²) in [6.07, 6.45) is 0.890. The van der Waals surface area contributed by atoms with Crippen molar-refractivity contribution in [2.45, 2.75) is 70.1 Å². The van der Waals surface area contributed by atoms with Crippen LogP contribution < -0.4 is 0 Å². The van der Waals surface area contributed by atoms with Crippen molar-refractivity contribution in [3.8, 4) is 0 Å². The first-order valence-electron chi connectivity index (χ1n) is 9.69. The lowest BCUT2D eigenvalue weighted by molar-refractivity contribution is -0.298. The number of hydrogen-bond donors (Lipinski definition) is 2. The number of aliphatic hydroxyl groups is 2. The molecule has 0 spiro atoms. The number of carbonyl (C=O) groups excluding carboxylic acids is 2. The third kappa shape index (κ3) is 3.90. The van der Waals surface area contributed by atoms with Gasteiger partial charge in [-0.3, -0.25) is 0 Å². The molecule has 4 atom stereocenters. The Balaban J connectivity index is 2.17. The molecule has 1 saturated heterocycles. The van der Waals surface area contributed by atoms with Gasteiger partial charge in [-0.05, 0) is 40.2 Å². The van der Waals surface area contributed by atoms with Crippen LogP contribution in [-0.2, 0) is 28.5 Å². The molecule has 2 N–H and O–H groups in total. The fourth-order valence-corrected chi connectivity index (χ4v) is 3.89. The van der Waals surface area contributed by atoms with E-state index >= 15 is 0 Å². The normalized spacial score (nSPS) is 36.6. The van der Waals surface area contributed by atoms with Gasteiger partial charge in [0.1, 0.15) is 17.5 Å². The molecule has 0 radical (unpaired) electrons. The van der Waals surface area contributed by atoms with Crippen molar-refractivity contribution in [1.82, 2.24) is 0 Å². The van der Waals surface area contributed by atoms with E-state index in [0.717, 1.165) is 0 Å². The number of ether oxygens (including phenoxy) is 4. The van der Waals surface area contributed by atoms with Gasteiger partial charge in [-0.25, -0.2) is 9.59 Å². The second kappa shape index (κ2) is 7.36. The van der Waals surface area contributed by atoms with Crippen LogP contribution in [0.5, 0.6) is 0 Å². The first-order chi connectivity index (χ1) is 13.4. The Hall–Kier alpha value is -2.00. The maximum absolute atomic E-state index is 12.5. The smallest absolute Gasteiger partial charge is 0.342 e. The molecular weight excluding hydrogens is 380 g/mol. The van der Waals surface area contributed by atoms with Crippen LogP contribution in [0.15, 0.2) is 35.1 Å². The number of esters is 2. The van der Waals surface area contributed by atoms with Gasteiger partial charge in [-0.1, -0.05) is 6.58 Å².